The lowest BCUT2D eigenvalue weighted by molar-refractivity contribution is -0.125. The summed E-state index contributed by atoms with van der Waals surface area (Å²) in [7, 11) is 1.63. The molecule has 0 spiro atoms. The van der Waals surface area contributed by atoms with E-state index in [9.17, 15) is 9.59 Å². The Morgan fingerprint density at radius 3 is 2.72 bits per heavy atom. The van der Waals surface area contributed by atoms with Crippen LogP contribution >= 0.6 is 0 Å². The number of hydrogen-bond acceptors (Lipinski definition) is 8. The van der Waals surface area contributed by atoms with E-state index in [1.807, 2.05) is 12.1 Å². The normalized spacial score (nSPS) is 15.2. The van der Waals surface area contributed by atoms with Gasteiger partial charge in [-0.25, -0.2) is 9.97 Å². The fraction of sp³-hybridized carbons (Fsp3) is 0.423. The van der Waals surface area contributed by atoms with Crippen molar-refractivity contribution >= 4 is 34.4 Å². The topological polar surface area (TPSA) is 105 Å². The fourth-order valence-electron chi connectivity index (χ4n) is 4.63. The summed E-state index contributed by atoms with van der Waals surface area (Å²) in [4.78, 5) is 42.2. The Hall–Kier alpha value is -3.95. The molecule has 36 heavy (non-hydrogen) atoms. The van der Waals surface area contributed by atoms with Gasteiger partial charge < -0.3 is 19.9 Å². The summed E-state index contributed by atoms with van der Waals surface area (Å²) in [5.41, 5.74) is 2.48. The maximum absolute atomic E-state index is 12.8. The number of anilines is 3. The Bertz CT molecular complexity index is 1300. The zero-order valence-electron chi connectivity index (χ0n) is 21.1. The van der Waals surface area contributed by atoms with Crippen molar-refractivity contribution < 1.29 is 9.53 Å². The molecule has 0 aliphatic carbocycles. The Morgan fingerprint density at radius 2 is 2.03 bits per heavy atom. The van der Waals surface area contributed by atoms with Crippen molar-refractivity contribution in [1.82, 2.24) is 24.4 Å². The van der Waals surface area contributed by atoms with Gasteiger partial charge in [-0.15, -0.1) is 0 Å². The van der Waals surface area contributed by atoms with E-state index < -0.39 is 0 Å². The second-order valence-corrected chi connectivity index (χ2v) is 8.80. The number of amides is 1. The number of fused-ring (bicyclic) bond motifs is 1. The van der Waals surface area contributed by atoms with Gasteiger partial charge in [0.15, 0.2) is 5.65 Å². The first-order valence-electron chi connectivity index (χ1n) is 12.3. The summed E-state index contributed by atoms with van der Waals surface area (Å²) >= 11 is 0. The van der Waals surface area contributed by atoms with Gasteiger partial charge in [0.05, 0.1) is 31.2 Å². The molecule has 1 aliphatic heterocycles. The van der Waals surface area contributed by atoms with Crippen LogP contribution < -0.4 is 20.5 Å². The zero-order valence-corrected chi connectivity index (χ0v) is 21.1. The van der Waals surface area contributed by atoms with Crippen LogP contribution in [0.15, 0.2) is 48.0 Å². The van der Waals surface area contributed by atoms with Crippen LogP contribution in [0.1, 0.15) is 39.2 Å². The van der Waals surface area contributed by atoms with Crippen molar-refractivity contribution in [3.05, 3.63) is 53.6 Å². The predicted octanol–water partition coefficient (Wildman–Crippen LogP) is 3.52. The summed E-state index contributed by atoms with van der Waals surface area (Å²) in [6, 6.07) is 5.81. The number of carbonyl (C=O) groups is 1. The van der Waals surface area contributed by atoms with Crippen molar-refractivity contribution in [2.24, 2.45) is 0 Å². The maximum atomic E-state index is 12.8. The highest BCUT2D eigenvalue weighted by molar-refractivity contribution is 5.87. The van der Waals surface area contributed by atoms with E-state index in [1.54, 1.807) is 22.8 Å². The van der Waals surface area contributed by atoms with Crippen LogP contribution in [0, 0.1) is 0 Å². The molecule has 2 aromatic heterocycles. The molecule has 190 valence electrons. The number of carbonyl (C=O) groups excluding carboxylic acids is 1. The van der Waals surface area contributed by atoms with Crippen molar-refractivity contribution in [3.63, 3.8) is 0 Å². The minimum atomic E-state index is -0.265. The van der Waals surface area contributed by atoms with Gasteiger partial charge >= 0.3 is 0 Å². The lowest BCUT2D eigenvalue weighted by atomic mass is 10.2. The number of nitrogens with one attached hydrogen (secondary N) is 1. The highest BCUT2D eigenvalue weighted by atomic mass is 16.5. The van der Waals surface area contributed by atoms with E-state index in [2.05, 4.69) is 51.7 Å². The van der Waals surface area contributed by atoms with E-state index in [0.717, 1.165) is 37.3 Å². The molecule has 0 bridgehead atoms. The molecule has 3 aromatic rings. The van der Waals surface area contributed by atoms with Crippen LogP contribution in [-0.4, -0.2) is 63.6 Å². The molecule has 10 heteroatoms. The summed E-state index contributed by atoms with van der Waals surface area (Å²) in [5, 5.41) is 3.23. The highest BCUT2D eigenvalue weighted by Gasteiger charge is 2.28. The molecule has 1 N–H and O–H groups in total. The number of hydrogen-bond donors (Lipinski definition) is 1. The summed E-state index contributed by atoms with van der Waals surface area (Å²) in [6.07, 6.45) is 6.92. The van der Waals surface area contributed by atoms with Crippen LogP contribution in [0.2, 0.25) is 0 Å². The van der Waals surface area contributed by atoms with Gasteiger partial charge in [0.25, 0.3) is 5.56 Å². The van der Waals surface area contributed by atoms with E-state index in [4.69, 9.17) is 4.74 Å². The zero-order chi connectivity index (χ0) is 25.7. The first kappa shape index (κ1) is 25.2. The lowest BCUT2D eigenvalue weighted by Gasteiger charge is -2.25. The van der Waals surface area contributed by atoms with Gasteiger partial charge in [0.1, 0.15) is 11.3 Å². The van der Waals surface area contributed by atoms with Gasteiger partial charge in [-0.2, -0.15) is 4.98 Å². The number of nitrogens with zero attached hydrogens (tertiary/aromatic N) is 6. The maximum Gasteiger partial charge on any atom is 0.270 e. The molecule has 0 saturated carbocycles. The van der Waals surface area contributed by atoms with Gasteiger partial charge in [0.2, 0.25) is 11.9 Å². The van der Waals surface area contributed by atoms with Crippen LogP contribution in [0.25, 0.3) is 11.2 Å². The smallest absolute Gasteiger partial charge is 0.270 e. The molecular formula is C26H33N7O3. The summed E-state index contributed by atoms with van der Waals surface area (Å²) in [5.74, 6) is 0.852. The monoisotopic (exact) mass is 491 g/mol. The Balaban J connectivity index is 1.65. The predicted molar refractivity (Wildman–Crippen MR) is 141 cm³/mol. The van der Waals surface area contributed by atoms with E-state index in [-0.39, 0.29) is 17.5 Å². The molecule has 1 unspecified atom stereocenters. The van der Waals surface area contributed by atoms with Crippen molar-refractivity contribution in [2.45, 2.75) is 39.2 Å². The largest absolute Gasteiger partial charge is 0.494 e. The molecule has 1 aliphatic rings. The van der Waals surface area contributed by atoms with Gasteiger partial charge in [-0.3, -0.25) is 14.2 Å². The van der Waals surface area contributed by atoms with Crippen LogP contribution in [-0.2, 0) is 4.79 Å². The quantitative estimate of drug-likeness (QED) is 0.430. The van der Waals surface area contributed by atoms with Gasteiger partial charge in [0, 0.05) is 37.9 Å². The molecule has 1 saturated heterocycles. The first-order chi connectivity index (χ1) is 17.5. The minimum Gasteiger partial charge on any atom is -0.494 e. The van der Waals surface area contributed by atoms with Crippen LogP contribution in [0.4, 0.5) is 17.3 Å². The second kappa shape index (κ2) is 11.2. The molecule has 10 nitrogen and oxygen atoms in total. The molecule has 4 rings (SSSR count). The Kier molecular flexibility index (Phi) is 7.82. The average molecular weight is 492 g/mol. The number of rotatable bonds is 10. The SMILES string of the molecule is C=CC(=O)N1CCC(n2c(=O)cnc3cnc(Nc4ccc(N(CCC)CCC)cc4OC)nc32)C1. The molecule has 3 heterocycles. The van der Waals surface area contributed by atoms with Crippen molar-refractivity contribution in [2.75, 3.05) is 43.5 Å². The van der Waals surface area contributed by atoms with Crippen molar-refractivity contribution in [1.29, 1.82) is 0 Å². The summed E-state index contributed by atoms with van der Waals surface area (Å²) < 4.78 is 7.27. The summed E-state index contributed by atoms with van der Waals surface area (Å²) in [6.45, 7) is 10.8. The number of methoxy groups -OCH3 is 1. The van der Waals surface area contributed by atoms with E-state index in [1.165, 1.54) is 12.3 Å². The number of ether oxygens (including phenoxy) is 1. The third-order valence-electron chi connectivity index (χ3n) is 6.33. The minimum absolute atomic E-state index is 0.145. The average Bonchev–Trinajstić information content (AvgIpc) is 3.38. The van der Waals surface area contributed by atoms with Crippen molar-refractivity contribution in [3.8, 4) is 5.75 Å². The number of aromatic nitrogens is 4. The van der Waals surface area contributed by atoms with Gasteiger partial charge in [-0.05, 0) is 37.5 Å². The molecule has 1 amide bonds. The standard InChI is InChI=1S/C26H33N7O3/c1-5-11-31(12-6-2)18-8-9-20(22(14-18)36-4)29-26-28-15-21-25(30-26)33(24(35)16-27-21)19-10-13-32(17-19)23(34)7-3/h7-9,14-16,19H,3,5-6,10-13,17H2,1-2,4H3,(H,28,29,30). The molecule has 1 fully saturated rings. The number of likely N-dealkylation sites (tertiary alicyclic amines) is 1. The molecular weight excluding hydrogens is 458 g/mol. The van der Waals surface area contributed by atoms with Crippen LogP contribution in [0.3, 0.4) is 0 Å². The third kappa shape index (κ3) is 5.17. The third-order valence-corrected chi connectivity index (χ3v) is 6.33. The van der Waals surface area contributed by atoms with E-state index >= 15 is 0 Å². The molecule has 0 radical (unpaired) electrons. The fourth-order valence-corrected chi connectivity index (χ4v) is 4.63. The highest BCUT2D eigenvalue weighted by Crippen LogP contribution is 2.32. The molecule has 1 aromatic carbocycles. The second-order valence-electron chi connectivity index (χ2n) is 8.80. The van der Waals surface area contributed by atoms with E-state index in [0.29, 0.717) is 42.4 Å². The molecule has 1 atom stereocenters. The lowest BCUT2D eigenvalue weighted by Crippen LogP contribution is -2.31. The first-order valence-corrected chi connectivity index (χ1v) is 12.3. The van der Waals surface area contributed by atoms with Crippen LogP contribution in [0.5, 0.6) is 5.75 Å². The Morgan fingerprint density at radius 1 is 1.25 bits per heavy atom. The Labute approximate surface area is 210 Å². The van der Waals surface area contributed by atoms with Gasteiger partial charge in [-0.1, -0.05) is 20.4 Å². The number of benzene rings is 1.